The highest BCUT2D eigenvalue weighted by molar-refractivity contribution is 7.89. The average molecular weight is 345 g/mol. The van der Waals surface area contributed by atoms with Crippen LogP contribution in [-0.4, -0.2) is 65.7 Å². The first-order valence-corrected chi connectivity index (χ1v) is 9.04. The minimum atomic E-state index is -3.76. The van der Waals surface area contributed by atoms with Crippen molar-refractivity contribution < 1.29 is 22.4 Å². The van der Waals surface area contributed by atoms with E-state index >= 15 is 0 Å². The molecule has 0 atom stereocenters. The van der Waals surface area contributed by atoms with Crippen LogP contribution in [-0.2, 0) is 14.8 Å². The molecule has 1 fully saturated rings. The second kappa shape index (κ2) is 7.91. The maximum atomic E-state index is 12.2. The molecule has 1 saturated heterocycles. The van der Waals surface area contributed by atoms with Crippen LogP contribution in [0.1, 0.15) is 22.5 Å². The zero-order chi connectivity index (χ0) is 16.9. The molecule has 2 N–H and O–H groups in total. The van der Waals surface area contributed by atoms with Gasteiger partial charge in [0.25, 0.3) is 10.0 Å². The Morgan fingerprint density at radius 1 is 1.43 bits per heavy atom. The zero-order valence-electron chi connectivity index (χ0n) is 13.4. The third kappa shape index (κ3) is 4.77. The van der Waals surface area contributed by atoms with Crippen LogP contribution in [0.25, 0.3) is 0 Å². The van der Waals surface area contributed by atoms with Crippen molar-refractivity contribution in [2.24, 2.45) is 0 Å². The van der Waals surface area contributed by atoms with Gasteiger partial charge in [0.15, 0.2) is 0 Å². The van der Waals surface area contributed by atoms with Crippen LogP contribution in [0.2, 0.25) is 0 Å². The number of furan rings is 1. The highest BCUT2D eigenvalue weighted by Gasteiger charge is 2.23. The molecule has 2 heterocycles. The third-order valence-electron chi connectivity index (χ3n) is 3.72. The SMILES string of the molecule is COC(=O)c1cc(S(=O)(=O)NCCCN2CCNCC2)oc1C. The van der Waals surface area contributed by atoms with Crippen molar-refractivity contribution in [1.82, 2.24) is 14.9 Å². The summed E-state index contributed by atoms with van der Waals surface area (Å²) in [6, 6.07) is 1.19. The highest BCUT2D eigenvalue weighted by atomic mass is 32.2. The van der Waals surface area contributed by atoms with Gasteiger partial charge in [-0.3, -0.25) is 0 Å². The number of nitrogens with zero attached hydrogens (tertiary/aromatic N) is 1. The number of esters is 1. The van der Waals surface area contributed by atoms with Crippen LogP contribution < -0.4 is 10.0 Å². The third-order valence-corrected chi connectivity index (χ3v) is 5.03. The first-order chi connectivity index (χ1) is 10.9. The predicted octanol–water partition coefficient (Wildman–Crippen LogP) is -0.0518. The molecular formula is C14H23N3O5S. The summed E-state index contributed by atoms with van der Waals surface area (Å²) >= 11 is 0. The molecule has 23 heavy (non-hydrogen) atoms. The van der Waals surface area contributed by atoms with Crippen LogP contribution >= 0.6 is 0 Å². The van der Waals surface area contributed by atoms with Crippen LogP contribution in [0.3, 0.4) is 0 Å². The number of carbonyl (C=O) groups is 1. The number of carbonyl (C=O) groups excluding carboxylic acids is 1. The fraction of sp³-hybridized carbons (Fsp3) is 0.643. The molecule has 0 radical (unpaired) electrons. The largest absolute Gasteiger partial charge is 0.465 e. The van der Waals surface area contributed by atoms with E-state index < -0.39 is 16.0 Å². The molecule has 8 nitrogen and oxygen atoms in total. The van der Waals surface area contributed by atoms with E-state index in [0.29, 0.717) is 13.0 Å². The smallest absolute Gasteiger partial charge is 0.341 e. The summed E-state index contributed by atoms with van der Waals surface area (Å²) in [5.74, 6) is -0.399. The molecule has 0 aliphatic carbocycles. The summed E-state index contributed by atoms with van der Waals surface area (Å²) < 4.78 is 36.6. The minimum Gasteiger partial charge on any atom is -0.465 e. The molecule has 0 aromatic carbocycles. The van der Waals surface area contributed by atoms with Gasteiger partial charge >= 0.3 is 5.97 Å². The molecule has 0 saturated carbocycles. The van der Waals surface area contributed by atoms with Gasteiger partial charge in [-0.1, -0.05) is 0 Å². The Kier molecular flexibility index (Phi) is 6.17. The zero-order valence-corrected chi connectivity index (χ0v) is 14.2. The van der Waals surface area contributed by atoms with Gasteiger partial charge in [-0.25, -0.2) is 17.9 Å². The first kappa shape index (κ1) is 17.9. The molecule has 9 heteroatoms. The molecule has 2 rings (SSSR count). The van der Waals surface area contributed by atoms with Crippen molar-refractivity contribution in [3.8, 4) is 0 Å². The Balaban J connectivity index is 1.87. The van der Waals surface area contributed by atoms with Gasteiger partial charge in [0.1, 0.15) is 11.3 Å². The maximum Gasteiger partial charge on any atom is 0.341 e. The van der Waals surface area contributed by atoms with Gasteiger partial charge in [-0.15, -0.1) is 0 Å². The van der Waals surface area contributed by atoms with E-state index in [9.17, 15) is 13.2 Å². The topological polar surface area (TPSA) is 101 Å². The number of nitrogens with one attached hydrogen (secondary N) is 2. The van der Waals surface area contributed by atoms with Crippen molar-refractivity contribution in [1.29, 1.82) is 0 Å². The summed E-state index contributed by atoms with van der Waals surface area (Å²) in [7, 11) is -2.53. The summed E-state index contributed by atoms with van der Waals surface area (Å²) in [6.07, 6.45) is 0.711. The average Bonchev–Trinajstić information content (AvgIpc) is 2.95. The van der Waals surface area contributed by atoms with Crippen LogP contribution in [0, 0.1) is 6.92 Å². The van der Waals surface area contributed by atoms with Gasteiger partial charge in [-0.2, -0.15) is 0 Å². The maximum absolute atomic E-state index is 12.2. The number of sulfonamides is 1. The van der Waals surface area contributed by atoms with Gasteiger partial charge < -0.3 is 19.4 Å². The van der Waals surface area contributed by atoms with E-state index in [1.165, 1.54) is 20.1 Å². The molecule has 0 amide bonds. The molecule has 1 aliphatic heterocycles. The molecule has 0 bridgehead atoms. The minimum absolute atomic E-state index is 0.119. The van der Waals surface area contributed by atoms with Crippen molar-refractivity contribution in [2.75, 3.05) is 46.4 Å². The Labute approximate surface area is 136 Å². The van der Waals surface area contributed by atoms with Gasteiger partial charge in [0.05, 0.1) is 7.11 Å². The summed E-state index contributed by atoms with van der Waals surface area (Å²) in [6.45, 7) is 6.57. The van der Waals surface area contributed by atoms with Crippen LogP contribution in [0.15, 0.2) is 15.6 Å². The Morgan fingerprint density at radius 3 is 2.78 bits per heavy atom. The number of hydrogen-bond donors (Lipinski definition) is 2. The fourth-order valence-electron chi connectivity index (χ4n) is 2.41. The molecule has 1 aliphatic rings. The van der Waals surface area contributed by atoms with E-state index in [1.807, 2.05) is 0 Å². The van der Waals surface area contributed by atoms with Gasteiger partial charge in [0.2, 0.25) is 5.09 Å². The fourth-order valence-corrected chi connectivity index (χ4v) is 3.48. The Morgan fingerprint density at radius 2 is 2.13 bits per heavy atom. The quantitative estimate of drug-likeness (QED) is 0.528. The lowest BCUT2D eigenvalue weighted by atomic mass is 10.3. The number of rotatable bonds is 7. The molecule has 0 unspecified atom stereocenters. The van der Waals surface area contributed by atoms with Crippen molar-refractivity contribution in [3.05, 3.63) is 17.4 Å². The number of methoxy groups -OCH3 is 1. The molecule has 0 spiro atoms. The molecular weight excluding hydrogens is 322 g/mol. The van der Waals surface area contributed by atoms with E-state index in [2.05, 4.69) is 19.7 Å². The van der Waals surface area contributed by atoms with Crippen molar-refractivity contribution in [3.63, 3.8) is 0 Å². The molecule has 1 aromatic heterocycles. The second-order valence-electron chi connectivity index (χ2n) is 5.37. The van der Waals surface area contributed by atoms with Gasteiger partial charge in [0, 0.05) is 38.8 Å². The summed E-state index contributed by atoms with van der Waals surface area (Å²) in [5.41, 5.74) is 0.119. The van der Waals surface area contributed by atoms with E-state index in [1.54, 1.807) is 0 Å². The van der Waals surface area contributed by atoms with E-state index in [0.717, 1.165) is 32.7 Å². The lowest BCUT2D eigenvalue weighted by Crippen LogP contribution is -2.44. The number of ether oxygens (including phenoxy) is 1. The standard InChI is InChI=1S/C14H23N3O5S/c1-11-12(14(18)21-2)10-13(22-11)23(19,20)16-4-3-7-17-8-5-15-6-9-17/h10,15-16H,3-9H2,1-2H3. The van der Waals surface area contributed by atoms with E-state index in [-0.39, 0.29) is 16.4 Å². The van der Waals surface area contributed by atoms with Crippen molar-refractivity contribution in [2.45, 2.75) is 18.4 Å². The lowest BCUT2D eigenvalue weighted by molar-refractivity contribution is 0.0599. The van der Waals surface area contributed by atoms with Crippen LogP contribution in [0.4, 0.5) is 0 Å². The normalized spacial score (nSPS) is 16.4. The first-order valence-electron chi connectivity index (χ1n) is 7.55. The predicted molar refractivity (Wildman–Crippen MR) is 83.9 cm³/mol. The molecule has 130 valence electrons. The number of piperazine rings is 1. The van der Waals surface area contributed by atoms with Crippen LogP contribution in [0.5, 0.6) is 0 Å². The number of aryl methyl sites for hydroxylation is 1. The summed E-state index contributed by atoms with van der Waals surface area (Å²) in [4.78, 5) is 13.8. The van der Waals surface area contributed by atoms with E-state index in [4.69, 9.17) is 4.42 Å². The highest BCUT2D eigenvalue weighted by Crippen LogP contribution is 2.19. The lowest BCUT2D eigenvalue weighted by Gasteiger charge is -2.26. The molecule has 1 aromatic rings. The number of hydrogen-bond acceptors (Lipinski definition) is 7. The van der Waals surface area contributed by atoms with Crippen molar-refractivity contribution >= 4 is 16.0 Å². The second-order valence-corrected chi connectivity index (χ2v) is 7.07. The monoisotopic (exact) mass is 345 g/mol. The van der Waals surface area contributed by atoms with Gasteiger partial charge in [-0.05, 0) is 19.9 Å². The Hall–Kier alpha value is -1.42. The Bertz CT molecular complexity index is 635. The summed E-state index contributed by atoms with van der Waals surface area (Å²) in [5, 5.41) is 3.00.